The van der Waals surface area contributed by atoms with Crippen molar-refractivity contribution >= 4 is 17.0 Å². The Labute approximate surface area is 140 Å². The predicted octanol–water partition coefficient (Wildman–Crippen LogP) is 4.04. The smallest absolute Gasteiger partial charge is 0.345 e. The lowest BCUT2D eigenvalue weighted by atomic mass is 10.0. The number of rotatable bonds is 3. The molecule has 2 heterocycles. The second kappa shape index (κ2) is 6.19. The van der Waals surface area contributed by atoms with Crippen molar-refractivity contribution in [2.45, 2.75) is 26.1 Å². The number of nitrogens with zero attached hydrogens (tertiary/aromatic N) is 2. The van der Waals surface area contributed by atoms with Gasteiger partial charge in [-0.1, -0.05) is 23.4 Å². The van der Waals surface area contributed by atoms with Gasteiger partial charge in [-0.2, -0.15) is 13.2 Å². The van der Waals surface area contributed by atoms with E-state index < -0.39 is 23.7 Å². The van der Waals surface area contributed by atoms with E-state index >= 15 is 0 Å². The highest BCUT2D eigenvalue weighted by Crippen LogP contribution is 2.34. The van der Waals surface area contributed by atoms with Crippen LogP contribution in [-0.2, 0) is 6.18 Å². The van der Waals surface area contributed by atoms with Crippen molar-refractivity contribution in [1.82, 2.24) is 15.5 Å². The van der Waals surface area contributed by atoms with Crippen LogP contribution in [0, 0.1) is 6.92 Å². The van der Waals surface area contributed by atoms with Gasteiger partial charge in [-0.25, -0.2) is 4.98 Å². The van der Waals surface area contributed by atoms with E-state index in [2.05, 4.69) is 15.5 Å². The van der Waals surface area contributed by atoms with Crippen LogP contribution >= 0.6 is 0 Å². The first kappa shape index (κ1) is 16.9. The Morgan fingerprint density at radius 3 is 2.72 bits per heavy atom. The van der Waals surface area contributed by atoms with Gasteiger partial charge in [-0.15, -0.1) is 0 Å². The van der Waals surface area contributed by atoms with E-state index in [1.165, 1.54) is 31.3 Å². The first-order chi connectivity index (χ1) is 11.8. The normalized spacial score (nSPS) is 13.0. The first-order valence-electron chi connectivity index (χ1n) is 7.46. The molecule has 2 aromatic heterocycles. The molecule has 0 radical (unpaired) electrons. The Kier molecular flexibility index (Phi) is 4.20. The molecule has 3 aromatic rings. The van der Waals surface area contributed by atoms with Gasteiger partial charge in [-0.3, -0.25) is 4.79 Å². The minimum Gasteiger partial charge on any atom is -0.345 e. The lowest BCUT2D eigenvalue weighted by molar-refractivity contribution is -0.138. The summed E-state index contributed by atoms with van der Waals surface area (Å²) in [7, 11) is 0. The number of amides is 1. The first-order valence-corrected chi connectivity index (χ1v) is 7.46. The average molecular weight is 349 g/mol. The molecule has 3 rings (SSSR count). The molecular formula is C17H14F3N3O2. The molecule has 1 N–H and O–H groups in total. The number of alkyl halides is 3. The molecule has 0 bridgehead atoms. The van der Waals surface area contributed by atoms with Crippen LogP contribution in [0.25, 0.3) is 11.1 Å². The van der Waals surface area contributed by atoms with Gasteiger partial charge in [0.05, 0.1) is 28.2 Å². The summed E-state index contributed by atoms with van der Waals surface area (Å²) >= 11 is 0. The molecule has 8 heteroatoms. The number of carbonyl (C=O) groups is 1. The molecular weight excluding hydrogens is 335 g/mol. The number of carbonyl (C=O) groups excluding carboxylic acids is 1. The number of hydrogen-bond acceptors (Lipinski definition) is 4. The molecule has 1 aromatic carbocycles. The minimum absolute atomic E-state index is 0.00135. The van der Waals surface area contributed by atoms with Gasteiger partial charge in [0, 0.05) is 6.20 Å². The zero-order chi connectivity index (χ0) is 18.2. The second-order valence-electron chi connectivity index (χ2n) is 5.62. The molecule has 0 saturated carbocycles. The summed E-state index contributed by atoms with van der Waals surface area (Å²) in [5, 5.41) is 6.90. The average Bonchev–Trinajstić information content (AvgIpc) is 2.94. The summed E-state index contributed by atoms with van der Waals surface area (Å²) in [6.45, 7) is 3.20. The number of aryl methyl sites for hydroxylation is 1. The van der Waals surface area contributed by atoms with Gasteiger partial charge in [0.25, 0.3) is 11.6 Å². The maximum atomic E-state index is 13.1. The summed E-state index contributed by atoms with van der Waals surface area (Å²) in [4.78, 5) is 16.4. The van der Waals surface area contributed by atoms with Gasteiger partial charge in [-0.05, 0) is 31.5 Å². The largest absolute Gasteiger partial charge is 0.416 e. The number of hydrogen-bond donors (Lipinski definition) is 1. The number of fused-ring (bicyclic) bond motifs is 1. The zero-order valence-corrected chi connectivity index (χ0v) is 13.4. The van der Waals surface area contributed by atoms with Crippen LogP contribution in [0.15, 0.2) is 41.1 Å². The maximum absolute atomic E-state index is 13.1. The molecule has 0 aliphatic rings. The molecule has 1 amide bonds. The highest BCUT2D eigenvalue weighted by Gasteiger charge is 2.34. The second-order valence-corrected chi connectivity index (χ2v) is 5.62. The van der Waals surface area contributed by atoms with Crippen molar-refractivity contribution < 1.29 is 22.5 Å². The molecule has 5 nitrogen and oxygen atoms in total. The molecule has 130 valence electrons. The monoisotopic (exact) mass is 349 g/mol. The van der Waals surface area contributed by atoms with Crippen LogP contribution in [0.5, 0.6) is 0 Å². The SMILES string of the molecule is Cc1noc2ncc(C(=O)N[C@H](C)c3ccccc3C(F)(F)F)cc12. The van der Waals surface area contributed by atoms with E-state index in [0.29, 0.717) is 16.8 Å². The summed E-state index contributed by atoms with van der Waals surface area (Å²) in [6, 6.07) is 5.87. The molecule has 0 aliphatic carbocycles. The van der Waals surface area contributed by atoms with E-state index in [0.717, 1.165) is 6.07 Å². The Morgan fingerprint density at radius 1 is 1.28 bits per heavy atom. The Balaban J connectivity index is 1.86. The van der Waals surface area contributed by atoms with E-state index in [9.17, 15) is 18.0 Å². The fourth-order valence-electron chi connectivity index (χ4n) is 2.56. The third-order valence-corrected chi connectivity index (χ3v) is 3.85. The van der Waals surface area contributed by atoms with E-state index in [4.69, 9.17) is 4.52 Å². The number of halogens is 3. The van der Waals surface area contributed by atoms with Crippen LogP contribution < -0.4 is 5.32 Å². The molecule has 0 spiro atoms. The number of nitrogens with one attached hydrogen (secondary N) is 1. The Morgan fingerprint density at radius 2 is 2.00 bits per heavy atom. The number of benzene rings is 1. The van der Waals surface area contributed by atoms with Gasteiger partial charge in [0.15, 0.2) is 0 Å². The molecule has 1 atom stereocenters. The van der Waals surface area contributed by atoms with Crippen LogP contribution in [0.1, 0.15) is 40.1 Å². The third-order valence-electron chi connectivity index (χ3n) is 3.85. The fourth-order valence-corrected chi connectivity index (χ4v) is 2.56. The zero-order valence-electron chi connectivity index (χ0n) is 13.4. The molecule has 0 unspecified atom stereocenters. The van der Waals surface area contributed by atoms with Gasteiger partial charge >= 0.3 is 6.18 Å². The van der Waals surface area contributed by atoms with E-state index in [1.807, 2.05) is 0 Å². The lowest BCUT2D eigenvalue weighted by Gasteiger charge is -2.19. The van der Waals surface area contributed by atoms with Crippen molar-refractivity contribution in [2.75, 3.05) is 0 Å². The summed E-state index contributed by atoms with van der Waals surface area (Å²) in [5.74, 6) is -0.528. The maximum Gasteiger partial charge on any atom is 0.416 e. The van der Waals surface area contributed by atoms with Crippen molar-refractivity contribution in [3.05, 3.63) is 58.9 Å². The highest BCUT2D eigenvalue weighted by molar-refractivity contribution is 5.97. The van der Waals surface area contributed by atoms with E-state index in [-0.39, 0.29) is 11.1 Å². The van der Waals surface area contributed by atoms with Gasteiger partial charge < -0.3 is 9.84 Å². The topological polar surface area (TPSA) is 68.0 Å². The molecule has 25 heavy (non-hydrogen) atoms. The van der Waals surface area contributed by atoms with Crippen molar-refractivity contribution in [1.29, 1.82) is 0 Å². The minimum atomic E-state index is -4.49. The highest BCUT2D eigenvalue weighted by atomic mass is 19.4. The number of pyridine rings is 1. The third kappa shape index (κ3) is 3.33. The number of aromatic nitrogens is 2. The Hall–Kier alpha value is -2.90. The summed E-state index contributed by atoms with van der Waals surface area (Å²) in [5.41, 5.74) is 0.317. The molecule has 0 aliphatic heterocycles. The molecule has 0 saturated heterocycles. The van der Waals surface area contributed by atoms with Crippen molar-refractivity contribution in [2.24, 2.45) is 0 Å². The summed E-state index contributed by atoms with van der Waals surface area (Å²) < 4.78 is 44.3. The van der Waals surface area contributed by atoms with Gasteiger partial charge in [0.2, 0.25) is 0 Å². The lowest BCUT2D eigenvalue weighted by Crippen LogP contribution is -2.28. The van der Waals surface area contributed by atoms with Crippen molar-refractivity contribution in [3.8, 4) is 0 Å². The van der Waals surface area contributed by atoms with Crippen LogP contribution in [0.3, 0.4) is 0 Å². The molecule has 0 fully saturated rings. The fraction of sp³-hybridized carbons (Fsp3) is 0.235. The quantitative estimate of drug-likeness (QED) is 0.775. The summed E-state index contributed by atoms with van der Waals surface area (Å²) in [6.07, 6.45) is -3.19. The standard InChI is InChI=1S/C17H14F3N3O2/c1-9(12-5-3-4-6-14(12)17(18,19)20)22-15(24)11-7-13-10(2)23-25-16(13)21-8-11/h3-9H,1-2H3,(H,22,24)/t9-/m1/s1. The Bertz CT molecular complexity index is 934. The van der Waals surface area contributed by atoms with Crippen LogP contribution in [0.2, 0.25) is 0 Å². The predicted molar refractivity (Wildman–Crippen MR) is 83.9 cm³/mol. The van der Waals surface area contributed by atoms with Gasteiger partial charge in [0.1, 0.15) is 0 Å². The van der Waals surface area contributed by atoms with Crippen molar-refractivity contribution in [3.63, 3.8) is 0 Å². The van der Waals surface area contributed by atoms with Crippen LogP contribution in [-0.4, -0.2) is 16.0 Å². The van der Waals surface area contributed by atoms with E-state index in [1.54, 1.807) is 13.0 Å². The van der Waals surface area contributed by atoms with Crippen LogP contribution in [0.4, 0.5) is 13.2 Å².